The summed E-state index contributed by atoms with van der Waals surface area (Å²) in [7, 11) is 0. The number of carbonyl (C=O) groups is 6. The number of hydrogen-bond acceptors (Lipinski definition) is 22. The van der Waals surface area contributed by atoms with Crippen LogP contribution in [0.15, 0.2) is 79.8 Å². The van der Waals surface area contributed by atoms with Gasteiger partial charge in [0.25, 0.3) is 0 Å². The topological polar surface area (TPSA) is 482 Å². The number of nitrogens with two attached hydrogens (primary N) is 3. The summed E-state index contributed by atoms with van der Waals surface area (Å²) in [6.07, 6.45) is 7.68. The van der Waals surface area contributed by atoms with Gasteiger partial charge in [-0.2, -0.15) is 19.9 Å². The molecule has 2 fully saturated rings. The van der Waals surface area contributed by atoms with Crippen LogP contribution in [0.3, 0.4) is 0 Å². The molecule has 0 bridgehead atoms. The zero-order chi connectivity index (χ0) is 53.1. The van der Waals surface area contributed by atoms with Crippen molar-refractivity contribution in [2.75, 3.05) is 68.1 Å². The Morgan fingerprint density at radius 1 is 0.712 bits per heavy atom. The highest BCUT2D eigenvalue weighted by Crippen LogP contribution is 2.17. The van der Waals surface area contributed by atoms with Crippen LogP contribution in [-0.2, 0) is 36.7 Å². The maximum atomic E-state index is 11.2. The summed E-state index contributed by atoms with van der Waals surface area (Å²) >= 11 is 0. The third-order valence-electron chi connectivity index (χ3n) is 9.29. The van der Waals surface area contributed by atoms with Gasteiger partial charge in [0.2, 0.25) is 23.7 Å². The number of morpholine rings is 2. The fourth-order valence-electron chi connectivity index (χ4n) is 5.76. The number of pyridine rings is 1. The lowest BCUT2D eigenvalue weighted by Gasteiger charge is -2.29. The summed E-state index contributed by atoms with van der Waals surface area (Å²) in [5.74, 6) is -4.42. The van der Waals surface area contributed by atoms with Gasteiger partial charge in [0.05, 0.1) is 45.3 Å². The lowest BCUT2D eigenvalue weighted by molar-refractivity contribution is -0.139. The number of anilines is 3. The second kappa shape index (κ2) is 29.5. The van der Waals surface area contributed by atoms with E-state index in [1.54, 1.807) is 18.3 Å². The number of nitrogens with one attached hydrogen (secondary N) is 4. The highest BCUT2D eigenvalue weighted by atomic mass is 16.5. The van der Waals surface area contributed by atoms with Crippen molar-refractivity contribution in [2.45, 2.75) is 24.9 Å². The van der Waals surface area contributed by atoms with E-state index in [4.69, 9.17) is 47.1 Å². The predicted octanol–water partition coefficient (Wildman–Crippen LogP) is -0.461. The summed E-state index contributed by atoms with van der Waals surface area (Å²) in [4.78, 5) is 101. The zero-order valence-electron chi connectivity index (χ0n) is 38.4. The molecule has 1 aromatic carbocycles. The second-order valence-electron chi connectivity index (χ2n) is 14.5. The van der Waals surface area contributed by atoms with E-state index in [2.05, 4.69) is 64.8 Å². The van der Waals surface area contributed by atoms with Crippen LogP contribution in [-0.4, -0.2) is 187 Å². The number of aliphatic carboxylic acids is 2. The molecule has 7 aromatic rings. The molecule has 2 atom stereocenters. The molecule has 0 aliphatic carbocycles. The van der Waals surface area contributed by atoms with Crippen LogP contribution in [0, 0.1) is 0 Å². The Morgan fingerprint density at radius 2 is 1.29 bits per heavy atom. The number of aromatic amines is 4. The first-order valence-corrected chi connectivity index (χ1v) is 21.3. The SMILES string of the molecule is N[C@@H](Cc1cc2ccccc2[nH]1)C(=O)O.N[C@@H](Cc1cnc[nH]1)C(=O)O.Nc1nc(OC=O)n[nH]1.O=C(O)c1ccccn1.O=C(O)c1cnc[nH]1.O=C(O)c1nc(N2CCOCC2)nc(N2CCOCC2)n1. The van der Waals surface area contributed by atoms with Crippen molar-refractivity contribution < 1.29 is 68.5 Å². The zero-order valence-corrected chi connectivity index (χ0v) is 38.4. The van der Waals surface area contributed by atoms with Gasteiger partial charge in [-0.25, -0.2) is 34.4 Å². The quantitative estimate of drug-likeness (QED) is 0.0650. The molecule has 2 saturated heterocycles. The Balaban J connectivity index is 0.000000198. The summed E-state index contributed by atoms with van der Waals surface area (Å²) in [6.45, 7) is 5.14. The van der Waals surface area contributed by atoms with E-state index in [0.717, 1.165) is 22.3 Å². The lowest BCUT2D eigenvalue weighted by atomic mass is 10.1. The first kappa shape index (κ1) is 56.1. The van der Waals surface area contributed by atoms with Crippen LogP contribution in [0.1, 0.15) is 43.0 Å². The molecule has 0 saturated carbocycles. The van der Waals surface area contributed by atoms with Crippen molar-refractivity contribution in [2.24, 2.45) is 11.5 Å². The van der Waals surface area contributed by atoms with Crippen LogP contribution in [0.2, 0.25) is 0 Å². The Labute approximate surface area is 411 Å². The number of hydrogen-bond donors (Lipinski definition) is 12. The molecule has 73 heavy (non-hydrogen) atoms. The number of H-pyrrole nitrogens is 4. The van der Waals surface area contributed by atoms with Crippen LogP contribution >= 0.6 is 0 Å². The summed E-state index contributed by atoms with van der Waals surface area (Å²) in [5, 5.41) is 49.6. The molecule has 0 unspecified atom stereocenters. The summed E-state index contributed by atoms with van der Waals surface area (Å²) in [6, 6.07) is 12.7. The van der Waals surface area contributed by atoms with Gasteiger partial charge in [-0.1, -0.05) is 24.3 Å². The number of aromatic carboxylic acids is 3. The molecule has 6 aromatic heterocycles. The number of nitrogens with zero attached hydrogens (tertiary/aromatic N) is 10. The van der Waals surface area contributed by atoms with Gasteiger partial charge in [-0.15, -0.1) is 5.10 Å². The number of rotatable bonds is 13. The van der Waals surface area contributed by atoms with E-state index < -0.39 is 41.9 Å². The molecule has 388 valence electrons. The number of benzene rings is 1. The van der Waals surface area contributed by atoms with E-state index in [9.17, 15) is 33.9 Å². The van der Waals surface area contributed by atoms with Crippen LogP contribution in [0.4, 0.5) is 17.8 Å². The van der Waals surface area contributed by atoms with Gasteiger partial charge < -0.3 is 81.7 Å². The molecule has 31 heteroatoms. The highest BCUT2D eigenvalue weighted by molar-refractivity contribution is 5.85. The molecular formula is C42H51N17O14. The largest absolute Gasteiger partial charge is 0.480 e. The summed E-state index contributed by atoms with van der Waals surface area (Å²) < 4.78 is 14.8. The minimum atomic E-state index is -1.15. The molecular weight excluding hydrogens is 967 g/mol. The minimum Gasteiger partial charge on any atom is -0.480 e. The number of aromatic nitrogens is 12. The number of ether oxygens (including phenoxy) is 3. The third kappa shape index (κ3) is 19.8. The molecule has 2 aliphatic rings. The highest BCUT2D eigenvalue weighted by Gasteiger charge is 2.23. The van der Waals surface area contributed by atoms with Crippen molar-refractivity contribution in [3.05, 3.63) is 108 Å². The summed E-state index contributed by atoms with van der Waals surface area (Å²) in [5.41, 5.74) is 18.6. The van der Waals surface area contributed by atoms with Crippen molar-refractivity contribution in [1.82, 2.24) is 60.0 Å². The van der Waals surface area contributed by atoms with Gasteiger partial charge in [0.15, 0.2) is 0 Å². The standard InChI is InChI=1S/C12H17N5O4.C11H12N2O2.C6H9N3O2.C6H5NO2.C4H4N2O2.C3H4N4O2/c18-10(19)9-13-11(16-1-5-20-6-2-16)15-12(14-9)17-3-7-21-8-4-17;12-9(11(14)15)6-8-5-7-3-1-2-4-10(7)13-8;7-5(6(10)11)1-4-2-8-3-9-4;8-6(9)5-3-1-2-4-7-5;7-4(8)3-1-5-2-6-3;4-2-5-3(7-6-2)9-1-8/h1-8H2,(H,18,19);1-5,9,13H,6,12H2,(H,14,15);2-3,5H,1,7H2,(H,8,9)(H,10,11);1-4H,(H,8,9);1-2H,(H,5,6)(H,7,8);1H,(H3,4,5,6,7)/t;9-;5-;;;/m.00.../s1. The number of carbonyl (C=O) groups excluding carboxylic acids is 1. The molecule has 9 rings (SSSR count). The number of nitrogen functional groups attached to an aromatic ring is 1. The number of fused-ring (bicyclic) bond motifs is 1. The van der Waals surface area contributed by atoms with Crippen molar-refractivity contribution in [3.63, 3.8) is 0 Å². The molecule has 0 radical (unpaired) electrons. The van der Waals surface area contributed by atoms with E-state index in [1.165, 1.54) is 31.1 Å². The Morgan fingerprint density at radius 3 is 1.71 bits per heavy atom. The number of imidazole rings is 2. The van der Waals surface area contributed by atoms with E-state index >= 15 is 0 Å². The predicted molar refractivity (Wildman–Crippen MR) is 253 cm³/mol. The number of carboxylic acids is 5. The molecule has 2 aliphatic heterocycles. The molecule has 0 amide bonds. The Hall–Kier alpha value is -9.46. The number of carboxylic acid groups (broad SMARTS) is 5. The average Bonchev–Trinajstić information content (AvgIpc) is 4.26. The normalized spacial score (nSPS) is 13.4. The van der Waals surface area contributed by atoms with E-state index in [-0.39, 0.29) is 42.1 Å². The minimum absolute atomic E-state index is 0.0671. The van der Waals surface area contributed by atoms with Crippen LogP contribution in [0.25, 0.3) is 10.9 Å². The Kier molecular flexibility index (Phi) is 22.7. The number of para-hydroxylation sites is 1. The van der Waals surface area contributed by atoms with Crippen molar-refractivity contribution >= 4 is 65.1 Å². The van der Waals surface area contributed by atoms with Crippen molar-refractivity contribution in [3.8, 4) is 6.01 Å². The van der Waals surface area contributed by atoms with Crippen LogP contribution < -0.4 is 31.7 Å². The average molecular weight is 1020 g/mol. The van der Waals surface area contributed by atoms with Crippen molar-refractivity contribution in [1.29, 1.82) is 0 Å². The fraction of sp³-hybridized carbons (Fsp3) is 0.286. The molecule has 0 spiro atoms. The molecule has 8 heterocycles. The first-order valence-electron chi connectivity index (χ1n) is 21.3. The van der Waals surface area contributed by atoms with Gasteiger partial charge >= 0.3 is 42.3 Å². The second-order valence-corrected chi connectivity index (χ2v) is 14.5. The maximum Gasteiger partial charge on any atom is 0.374 e. The maximum absolute atomic E-state index is 11.2. The van der Waals surface area contributed by atoms with Gasteiger partial charge in [0, 0.05) is 68.3 Å². The fourth-order valence-corrected chi connectivity index (χ4v) is 5.76. The van der Waals surface area contributed by atoms with Gasteiger partial charge in [-0.3, -0.25) is 14.4 Å². The molecule has 15 N–H and O–H groups in total. The van der Waals surface area contributed by atoms with Crippen LogP contribution in [0.5, 0.6) is 6.01 Å². The smallest absolute Gasteiger partial charge is 0.374 e. The third-order valence-corrected chi connectivity index (χ3v) is 9.29. The Bertz CT molecular complexity index is 2710. The van der Waals surface area contributed by atoms with E-state index in [1.807, 2.05) is 40.1 Å². The molecule has 31 nitrogen and oxygen atoms in total. The monoisotopic (exact) mass is 1020 g/mol. The lowest BCUT2D eigenvalue weighted by Crippen LogP contribution is -2.40. The van der Waals surface area contributed by atoms with E-state index in [0.29, 0.717) is 70.9 Å². The first-order chi connectivity index (χ1) is 35.0. The van der Waals surface area contributed by atoms with Gasteiger partial charge in [0.1, 0.15) is 23.5 Å². The van der Waals surface area contributed by atoms with Gasteiger partial charge in [-0.05, 0) is 29.7 Å².